The molecule has 5 nitrogen and oxygen atoms in total. The Kier molecular flexibility index (Phi) is 8.94. The monoisotopic (exact) mass is 524 g/mol. The third-order valence-electron chi connectivity index (χ3n) is 10.5. The molecule has 4 aliphatic rings. The number of phenols is 2. The standard InChI is InChI=1S/C21H30O3.C12H18O2/c1-13(22)24-15-8-10-20(2)14(12-15)4-5-16-17-6-7-19(23)21(17,3)11-9-18(16)20;1-2-3-4-5-6-10-7-8-11(13)9-12(10)14/h4,15-18H,5-12H2,1-3H3;7-9,13-14H,2-6H2,1H3. The number of hydrogen-bond acceptors (Lipinski definition) is 5. The Hall–Kier alpha value is -2.30. The topological polar surface area (TPSA) is 83.8 Å². The predicted octanol–water partition coefficient (Wildman–Crippen LogP) is 7.67. The highest BCUT2D eigenvalue weighted by Crippen LogP contribution is 2.64. The molecule has 6 unspecified atom stereocenters. The van der Waals surface area contributed by atoms with Gasteiger partial charge in [-0.25, -0.2) is 0 Å². The van der Waals surface area contributed by atoms with Crippen LogP contribution in [0.1, 0.15) is 110 Å². The van der Waals surface area contributed by atoms with Crippen LogP contribution in [-0.2, 0) is 20.7 Å². The minimum absolute atomic E-state index is 0.0438. The summed E-state index contributed by atoms with van der Waals surface area (Å²) in [6.07, 6.45) is 16.5. The van der Waals surface area contributed by atoms with E-state index in [0.717, 1.165) is 63.4 Å². The lowest BCUT2D eigenvalue weighted by atomic mass is 9.48. The summed E-state index contributed by atoms with van der Waals surface area (Å²) in [6, 6.07) is 4.81. The van der Waals surface area contributed by atoms with Gasteiger partial charge < -0.3 is 14.9 Å². The molecule has 0 amide bonds. The van der Waals surface area contributed by atoms with Gasteiger partial charge in [-0.3, -0.25) is 9.59 Å². The van der Waals surface area contributed by atoms with Gasteiger partial charge in [-0.2, -0.15) is 0 Å². The summed E-state index contributed by atoms with van der Waals surface area (Å²) < 4.78 is 5.50. The molecule has 0 aromatic heterocycles. The van der Waals surface area contributed by atoms with E-state index in [-0.39, 0.29) is 34.4 Å². The number of ketones is 1. The molecule has 38 heavy (non-hydrogen) atoms. The van der Waals surface area contributed by atoms with Crippen molar-refractivity contribution in [3.05, 3.63) is 35.4 Å². The third-order valence-corrected chi connectivity index (χ3v) is 10.5. The minimum atomic E-state index is -0.157. The lowest BCUT2D eigenvalue weighted by molar-refractivity contribution is -0.148. The van der Waals surface area contributed by atoms with Crippen LogP contribution in [0.2, 0.25) is 0 Å². The van der Waals surface area contributed by atoms with Crippen LogP contribution in [0, 0.1) is 28.6 Å². The summed E-state index contributed by atoms with van der Waals surface area (Å²) in [6.45, 7) is 8.37. The third kappa shape index (κ3) is 5.82. The maximum atomic E-state index is 12.4. The zero-order valence-corrected chi connectivity index (χ0v) is 23.9. The van der Waals surface area contributed by atoms with Gasteiger partial charge in [0, 0.05) is 31.2 Å². The van der Waals surface area contributed by atoms with E-state index in [1.54, 1.807) is 12.1 Å². The van der Waals surface area contributed by atoms with Crippen LogP contribution in [0.5, 0.6) is 11.5 Å². The Morgan fingerprint density at radius 1 is 1.03 bits per heavy atom. The van der Waals surface area contributed by atoms with Crippen molar-refractivity contribution in [3.63, 3.8) is 0 Å². The summed E-state index contributed by atoms with van der Waals surface area (Å²) in [5.41, 5.74) is 2.66. The van der Waals surface area contributed by atoms with Crippen LogP contribution in [0.15, 0.2) is 29.8 Å². The molecule has 4 aliphatic carbocycles. The number of carbonyl (C=O) groups is 2. The molecule has 0 spiro atoms. The maximum Gasteiger partial charge on any atom is 0.302 e. The first kappa shape index (κ1) is 28.7. The van der Waals surface area contributed by atoms with Crippen molar-refractivity contribution in [1.29, 1.82) is 0 Å². The highest BCUT2D eigenvalue weighted by Gasteiger charge is 2.58. The van der Waals surface area contributed by atoms with Gasteiger partial charge in [0.05, 0.1) is 0 Å². The fourth-order valence-electron chi connectivity index (χ4n) is 8.24. The van der Waals surface area contributed by atoms with Crippen molar-refractivity contribution in [2.75, 3.05) is 0 Å². The highest BCUT2D eigenvalue weighted by molar-refractivity contribution is 5.87. The first-order chi connectivity index (χ1) is 18.1. The summed E-state index contributed by atoms with van der Waals surface area (Å²) in [4.78, 5) is 23.7. The van der Waals surface area contributed by atoms with Crippen molar-refractivity contribution < 1.29 is 24.5 Å². The van der Waals surface area contributed by atoms with Crippen molar-refractivity contribution in [2.24, 2.45) is 28.6 Å². The van der Waals surface area contributed by atoms with Gasteiger partial charge in [-0.1, -0.05) is 57.7 Å². The predicted molar refractivity (Wildman–Crippen MR) is 150 cm³/mol. The molecular formula is C33H48O5. The molecular weight excluding hydrogens is 476 g/mol. The van der Waals surface area contributed by atoms with Gasteiger partial charge in [-0.05, 0) is 86.2 Å². The lowest BCUT2D eigenvalue weighted by Gasteiger charge is -2.56. The van der Waals surface area contributed by atoms with Crippen LogP contribution in [0.25, 0.3) is 0 Å². The number of hydrogen-bond donors (Lipinski definition) is 2. The molecule has 0 aliphatic heterocycles. The van der Waals surface area contributed by atoms with E-state index in [1.807, 2.05) is 0 Å². The fourth-order valence-corrected chi connectivity index (χ4v) is 8.24. The molecule has 0 saturated heterocycles. The van der Waals surface area contributed by atoms with Gasteiger partial charge in [0.25, 0.3) is 0 Å². The second-order valence-corrected chi connectivity index (χ2v) is 12.8. The smallest absolute Gasteiger partial charge is 0.302 e. The molecule has 6 atom stereocenters. The van der Waals surface area contributed by atoms with Crippen LogP contribution < -0.4 is 0 Å². The SMILES string of the molecule is CC(=O)OC1CCC2(C)C(=CCC3C4CCC(=O)C4(C)CCC32)C1.CCCCCCc1ccc(O)cc1O. The Morgan fingerprint density at radius 2 is 1.76 bits per heavy atom. The Balaban J connectivity index is 0.000000206. The number of allylic oxidation sites excluding steroid dienone is 1. The largest absolute Gasteiger partial charge is 0.508 e. The molecule has 1 aromatic rings. The van der Waals surface area contributed by atoms with Gasteiger partial charge >= 0.3 is 5.97 Å². The van der Waals surface area contributed by atoms with Gasteiger partial charge in [0.1, 0.15) is 23.4 Å². The second kappa shape index (κ2) is 11.8. The Morgan fingerprint density at radius 3 is 2.47 bits per heavy atom. The van der Waals surface area contributed by atoms with E-state index in [4.69, 9.17) is 9.84 Å². The molecule has 5 heteroatoms. The van der Waals surface area contributed by atoms with Crippen LogP contribution in [-0.4, -0.2) is 28.1 Å². The summed E-state index contributed by atoms with van der Waals surface area (Å²) in [5.74, 6) is 2.67. The molecule has 3 saturated carbocycles. The van der Waals surface area contributed by atoms with E-state index in [1.165, 1.54) is 44.2 Å². The minimum Gasteiger partial charge on any atom is -0.508 e. The summed E-state index contributed by atoms with van der Waals surface area (Å²) in [5, 5.41) is 18.6. The van der Waals surface area contributed by atoms with Crippen molar-refractivity contribution in [3.8, 4) is 11.5 Å². The molecule has 2 N–H and O–H groups in total. The second-order valence-electron chi connectivity index (χ2n) is 12.8. The first-order valence-electron chi connectivity index (χ1n) is 15.0. The van der Waals surface area contributed by atoms with Crippen molar-refractivity contribution >= 4 is 11.8 Å². The van der Waals surface area contributed by atoms with Crippen molar-refractivity contribution in [1.82, 2.24) is 0 Å². The average molecular weight is 525 g/mol. The zero-order chi connectivity index (χ0) is 27.5. The fraction of sp³-hybridized carbons (Fsp3) is 0.697. The van der Waals surface area contributed by atoms with Crippen LogP contribution in [0.3, 0.4) is 0 Å². The lowest BCUT2D eigenvalue weighted by Crippen LogP contribution is -2.50. The average Bonchev–Trinajstić information content (AvgIpc) is 3.17. The number of esters is 1. The van der Waals surface area contributed by atoms with Crippen LogP contribution in [0.4, 0.5) is 0 Å². The normalized spacial score (nSPS) is 33.7. The molecule has 3 fully saturated rings. The van der Waals surface area contributed by atoms with Gasteiger partial charge in [-0.15, -0.1) is 0 Å². The molecule has 0 radical (unpaired) electrons. The number of aromatic hydroxyl groups is 2. The molecule has 0 heterocycles. The number of carbonyl (C=O) groups excluding carboxylic acids is 2. The van der Waals surface area contributed by atoms with E-state index < -0.39 is 0 Å². The number of Topliss-reactive ketones (excluding diaryl/α,β-unsaturated/α-hetero) is 1. The van der Waals surface area contributed by atoms with Gasteiger partial charge in [0.2, 0.25) is 0 Å². The van der Waals surface area contributed by atoms with E-state index in [2.05, 4.69) is 26.8 Å². The molecule has 210 valence electrons. The summed E-state index contributed by atoms with van der Waals surface area (Å²) in [7, 11) is 0. The zero-order valence-electron chi connectivity index (χ0n) is 23.9. The highest BCUT2D eigenvalue weighted by atomic mass is 16.5. The van der Waals surface area contributed by atoms with E-state index in [9.17, 15) is 14.7 Å². The summed E-state index contributed by atoms with van der Waals surface area (Å²) >= 11 is 0. The number of ether oxygens (including phenoxy) is 1. The molecule has 1 aromatic carbocycles. The first-order valence-corrected chi connectivity index (χ1v) is 15.0. The van der Waals surface area contributed by atoms with Crippen LogP contribution >= 0.6 is 0 Å². The number of unbranched alkanes of at least 4 members (excludes halogenated alkanes) is 3. The van der Waals surface area contributed by atoms with Gasteiger partial charge in [0.15, 0.2) is 0 Å². The number of benzene rings is 1. The Labute approximate surface area is 229 Å². The Bertz CT molecular complexity index is 1040. The molecule has 5 rings (SSSR count). The maximum absolute atomic E-state index is 12.4. The van der Waals surface area contributed by atoms with Crippen molar-refractivity contribution in [2.45, 2.75) is 117 Å². The number of aryl methyl sites for hydroxylation is 1. The number of fused-ring (bicyclic) bond motifs is 5. The number of phenolic OH excluding ortho intramolecular Hbond substituents is 2. The molecule has 0 bridgehead atoms. The van der Waals surface area contributed by atoms with E-state index in [0.29, 0.717) is 23.5 Å². The number of rotatable bonds is 6. The van der Waals surface area contributed by atoms with E-state index >= 15 is 0 Å². The quantitative estimate of drug-likeness (QED) is 0.227.